The Hall–Kier alpha value is -2.89. The summed E-state index contributed by atoms with van der Waals surface area (Å²) < 4.78 is 19.7. The van der Waals surface area contributed by atoms with Gasteiger partial charge in [0.1, 0.15) is 11.6 Å². The lowest BCUT2D eigenvalue weighted by molar-refractivity contribution is -0.116. The van der Waals surface area contributed by atoms with Gasteiger partial charge >= 0.3 is 0 Å². The lowest BCUT2D eigenvalue weighted by Crippen LogP contribution is -2.19. The summed E-state index contributed by atoms with van der Waals surface area (Å²) in [6, 6.07) is 11.6. The van der Waals surface area contributed by atoms with Crippen LogP contribution in [0.1, 0.15) is 43.0 Å². The number of ether oxygens (including phenoxy) is 1. The molecule has 0 aliphatic carbocycles. The first-order valence-electron chi connectivity index (χ1n) is 9.67. The summed E-state index contributed by atoms with van der Waals surface area (Å²) in [6.07, 6.45) is 2.27. The van der Waals surface area contributed by atoms with E-state index in [-0.39, 0.29) is 30.3 Å². The van der Waals surface area contributed by atoms with Gasteiger partial charge in [0.05, 0.1) is 12.3 Å². The number of carbonyl (C=O) groups excluding carboxylic acids is 2. The lowest BCUT2D eigenvalue weighted by atomic mass is 10.1. The summed E-state index contributed by atoms with van der Waals surface area (Å²) in [4.78, 5) is 26.4. The molecule has 1 saturated heterocycles. The quantitative estimate of drug-likeness (QED) is 0.684. The van der Waals surface area contributed by atoms with Crippen molar-refractivity contribution in [3.05, 3.63) is 53.8 Å². The van der Waals surface area contributed by atoms with Crippen LogP contribution in [0.2, 0.25) is 0 Å². The van der Waals surface area contributed by atoms with Crippen molar-refractivity contribution in [2.75, 3.05) is 29.9 Å². The molecule has 0 spiro atoms. The normalized spacial score (nSPS) is 13.4. The molecule has 5 nitrogen and oxygen atoms in total. The number of amides is 1. The minimum atomic E-state index is -0.342. The highest BCUT2D eigenvalue weighted by Gasteiger charge is 2.17. The van der Waals surface area contributed by atoms with E-state index < -0.39 is 0 Å². The zero-order chi connectivity index (χ0) is 19.9. The number of ketones is 1. The summed E-state index contributed by atoms with van der Waals surface area (Å²) in [5, 5.41) is 2.66. The Morgan fingerprint density at radius 2 is 1.79 bits per heavy atom. The van der Waals surface area contributed by atoms with Gasteiger partial charge in [-0.3, -0.25) is 9.59 Å². The van der Waals surface area contributed by atoms with E-state index in [0.29, 0.717) is 29.3 Å². The Labute approximate surface area is 164 Å². The van der Waals surface area contributed by atoms with Gasteiger partial charge in [0.2, 0.25) is 5.91 Å². The molecule has 1 fully saturated rings. The van der Waals surface area contributed by atoms with E-state index in [9.17, 15) is 14.0 Å². The largest absolute Gasteiger partial charge is 0.494 e. The maximum absolute atomic E-state index is 14.3. The number of Topliss-reactive ketones (excluding diaryl/α,β-unsaturated/α-hetero) is 1. The second kappa shape index (κ2) is 9.35. The number of hydrogen-bond acceptors (Lipinski definition) is 4. The van der Waals surface area contributed by atoms with Crippen molar-refractivity contribution in [2.24, 2.45) is 0 Å². The van der Waals surface area contributed by atoms with E-state index >= 15 is 0 Å². The number of nitrogens with one attached hydrogen (secondary N) is 1. The van der Waals surface area contributed by atoms with Gasteiger partial charge in [-0.2, -0.15) is 0 Å². The van der Waals surface area contributed by atoms with E-state index in [1.54, 1.807) is 36.4 Å². The van der Waals surface area contributed by atoms with Gasteiger partial charge in [-0.15, -0.1) is 0 Å². The Morgan fingerprint density at radius 3 is 2.43 bits per heavy atom. The minimum absolute atomic E-state index is 0.0432. The number of benzene rings is 2. The van der Waals surface area contributed by atoms with Gasteiger partial charge in [0.25, 0.3) is 0 Å². The van der Waals surface area contributed by atoms with Gasteiger partial charge in [-0.1, -0.05) is 0 Å². The first-order valence-corrected chi connectivity index (χ1v) is 9.67. The fourth-order valence-electron chi connectivity index (χ4n) is 3.30. The summed E-state index contributed by atoms with van der Waals surface area (Å²) in [7, 11) is 0. The molecule has 0 bridgehead atoms. The van der Waals surface area contributed by atoms with Gasteiger partial charge in [-0.25, -0.2) is 4.39 Å². The number of carbonyl (C=O) groups is 2. The first kappa shape index (κ1) is 19.9. The maximum atomic E-state index is 14.3. The summed E-state index contributed by atoms with van der Waals surface area (Å²) >= 11 is 0. The van der Waals surface area contributed by atoms with Gasteiger partial charge < -0.3 is 15.0 Å². The number of anilines is 2. The number of halogens is 1. The third-order valence-corrected chi connectivity index (χ3v) is 4.74. The van der Waals surface area contributed by atoms with Gasteiger partial charge in [0, 0.05) is 37.2 Å². The topological polar surface area (TPSA) is 58.6 Å². The van der Waals surface area contributed by atoms with Crippen molar-refractivity contribution in [3.8, 4) is 5.75 Å². The van der Waals surface area contributed by atoms with Crippen LogP contribution >= 0.6 is 0 Å². The van der Waals surface area contributed by atoms with Crippen molar-refractivity contribution in [2.45, 2.75) is 32.6 Å². The van der Waals surface area contributed by atoms with Crippen LogP contribution in [0.4, 0.5) is 15.8 Å². The van der Waals surface area contributed by atoms with Crippen LogP contribution in [-0.2, 0) is 4.79 Å². The summed E-state index contributed by atoms with van der Waals surface area (Å²) in [5.74, 6) is -0.0669. The zero-order valence-corrected chi connectivity index (χ0v) is 16.0. The monoisotopic (exact) mass is 384 g/mol. The Kier molecular flexibility index (Phi) is 6.63. The molecule has 0 radical (unpaired) electrons. The number of nitrogens with zero attached hydrogens (tertiary/aromatic N) is 1. The molecule has 1 N–H and O–H groups in total. The predicted octanol–water partition coefficient (Wildman–Crippen LogP) is 4.43. The SMILES string of the molecule is CCOc1ccc(C(=O)CCC(=O)Nc2ccc(N3CCCC3)c(F)c2)cc1. The molecule has 0 aromatic heterocycles. The third kappa shape index (κ3) is 5.09. The number of rotatable bonds is 8. The molecule has 3 rings (SSSR count). The Balaban J connectivity index is 1.51. The molecule has 148 valence electrons. The molecule has 0 saturated carbocycles. The van der Waals surface area contributed by atoms with Crippen LogP contribution < -0.4 is 15.0 Å². The van der Waals surface area contributed by atoms with Crippen LogP contribution in [0.5, 0.6) is 5.75 Å². The molecule has 28 heavy (non-hydrogen) atoms. The fourth-order valence-corrected chi connectivity index (χ4v) is 3.30. The Morgan fingerprint density at radius 1 is 1.07 bits per heavy atom. The second-order valence-electron chi connectivity index (χ2n) is 6.79. The fraction of sp³-hybridized carbons (Fsp3) is 0.364. The highest BCUT2D eigenvalue weighted by Crippen LogP contribution is 2.26. The average Bonchev–Trinajstić information content (AvgIpc) is 3.21. The van der Waals surface area contributed by atoms with Crippen molar-refractivity contribution < 1.29 is 18.7 Å². The molecule has 1 heterocycles. The second-order valence-corrected chi connectivity index (χ2v) is 6.79. The molecule has 6 heteroatoms. The third-order valence-electron chi connectivity index (χ3n) is 4.74. The molecular weight excluding hydrogens is 359 g/mol. The minimum Gasteiger partial charge on any atom is -0.494 e. The molecule has 2 aromatic carbocycles. The maximum Gasteiger partial charge on any atom is 0.224 e. The van der Waals surface area contributed by atoms with Crippen LogP contribution in [0, 0.1) is 5.82 Å². The summed E-state index contributed by atoms with van der Waals surface area (Å²) in [5.41, 5.74) is 1.51. The van der Waals surface area contributed by atoms with Crippen LogP contribution in [0.15, 0.2) is 42.5 Å². The zero-order valence-electron chi connectivity index (χ0n) is 16.0. The molecule has 1 aliphatic heterocycles. The van der Waals surface area contributed by atoms with Gasteiger partial charge in [0.15, 0.2) is 5.78 Å². The van der Waals surface area contributed by atoms with E-state index in [1.807, 2.05) is 11.8 Å². The smallest absolute Gasteiger partial charge is 0.224 e. The van der Waals surface area contributed by atoms with Crippen molar-refractivity contribution >= 4 is 23.1 Å². The standard InChI is InChI=1S/C22H25FN2O3/c1-2-28-18-8-5-16(6-9-18)21(26)11-12-22(27)24-17-7-10-20(19(23)15-17)25-13-3-4-14-25/h5-10,15H,2-4,11-14H2,1H3,(H,24,27). The van der Waals surface area contributed by atoms with Crippen molar-refractivity contribution in [1.29, 1.82) is 0 Å². The van der Waals surface area contributed by atoms with E-state index in [0.717, 1.165) is 25.9 Å². The Bertz CT molecular complexity index is 830. The molecule has 0 unspecified atom stereocenters. The highest BCUT2D eigenvalue weighted by molar-refractivity contribution is 6.00. The van der Waals surface area contributed by atoms with Crippen LogP contribution in [0.3, 0.4) is 0 Å². The first-order chi connectivity index (χ1) is 13.6. The molecule has 0 atom stereocenters. The van der Waals surface area contributed by atoms with Gasteiger partial charge in [-0.05, 0) is 62.2 Å². The molecule has 1 aliphatic rings. The van der Waals surface area contributed by atoms with E-state index in [2.05, 4.69) is 5.32 Å². The van der Waals surface area contributed by atoms with Crippen LogP contribution in [-0.4, -0.2) is 31.4 Å². The van der Waals surface area contributed by atoms with Crippen molar-refractivity contribution in [1.82, 2.24) is 0 Å². The predicted molar refractivity (Wildman–Crippen MR) is 108 cm³/mol. The van der Waals surface area contributed by atoms with E-state index in [1.165, 1.54) is 6.07 Å². The molecular formula is C22H25FN2O3. The number of hydrogen-bond donors (Lipinski definition) is 1. The molecule has 2 aromatic rings. The van der Waals surface area contributed by atoms with Crippen molar-refractivity contribution in [3.63, 3.8) is 0 Å². The average molecular weight is 384 g/mol. The van der Waals surface area contributed by atoms with E-state index in [4.69, 9.17) is 4.74 Å². The van der Waals surface area contributed by atoms with Crippen LogP contribution in [0.25, 0.3) is 0 Å². The lowest BCUT2D eigenvalue weighted by Gasteiger charge is -2.18. The highest BCUT2D eigenvalue weighted by atomic mass is 19.1. The summed E-state index contributed by atoms with van der Waals surface area (Å²) in [6.45, 7) is 4.17. The molecule has 1 amide bonds.